The fourth-order valence-electron chi connectivity index (χ4n) is 1.07. The first-order valence-corrected chi connectivity index (χ1v) is 6.12. The molecule has 0 bridgehead atoms. The standard InChI is InChI=1S/C10H13NO4S/c1-2-11(9-12)16(13,14)15-8-10-6-4-3-5-7-10/h3-7,9H,2,8H2,1H3. The maximum atomic E-state index is 11.4. The second-order valence-corrected chi connectivity index (χ2v) is 4.57. The predicted molar refractivity (Wildman–Crippen MR) is 58.6 cm³/mol. The predicted octanol–water partition coefficient (Wildman–Crippen LogP) is 0.926. The number of carbonyl (C=O) groups excluding carboxylic acids is 1. The molecular formula is C10H13NO4S. The summed E-state index contributed by atoms with van der Waals surface area (Å²) in [6, 6.07) is 8.87. The second kappa shape index (κ2) is 5.62. The molecule has 1 amide bonds. The zero-order valence-electron chi connectivity index (χ0n) is 8.87. The fourth-order valence-corrected chi connectivity index (χ4v) is 1.91. The molecule has 0 unspecified atom stereocenters. The van der Waals surface area contributed by atoms with Gasteiger partial charge in [-0.3, -0.25) is 4.79 Å². The number of benzene rings is 1. The first-order valence-electron chi connectivity index (χ1n) is 4.75. The van der Waals surface area contributed by atoms with Crippen LogP contribution in [-0.4, -0.2) is 25.7 Å². The third kappa shape index (κ3) is 3.32. The van der Waals surface area contributed by atoms with Crippen molar-refractivity contribution in [2.75, 3.05) is 6.54 Å². The Bertz CT molecular complexity index is 429. The molecule has 0 aromatic heterocycles. The van der Waals surface area contributed by atoms with Crippen molar-refractivity contribution in [3.8, 4) is 0 Å². The molecule has 88 valence electrons. The van der Waals surface area contributed by atoms with Crippen LogP contribution in [0.4, 0.5) is 0 Å². The van der Waals surface area contributed by atoms with Crippen molar-refractivity contribution in [3.63, 3.8) is 0 Å². The zero-order valence-corrected chi connectivity index (χ0v) is 9.68. The van der Waals surface area contributed by atoms with E-state index < -0.39 is 10.3 Å². The van der Waals surface area contributed by atoms with Gasteiger partial charge in [-0.1, -0.05) is 30.3 Å². The van der Waals surface area contributed by atoms with Gasteiger partial charge in [-0.2, -0.15) is 8.42 Å². The van der Waals surface area contributed by atoms with Gasteiger partial charge in [0.1, 0.15) is 0 Å². The second-order valence-electron chi connectivity index (χ2n) is 3.01. The Labute approximate surface area is 94.9 Å². The topological polar surface area (TPSA) is 63.7 Å². The van der Waals surface area contributed by atoms with Gasteiger partial charge >= 0.3 is 10.3 Å². The smallest absolute Gasteiger partial charge is 0.278 e. The molecule has 5 nitrogen and oxygen atoms in total. The molecule has 0 fully saturated rings. The Morgan fingerprint density at radius 1 is 1.31 bits per heavy atom. The summed E-state index contributed by atoms with van der Waals surface area (Å²) in [5.74, 6) is 0. The van der Waals surface area contributed by atoms with Gasteiger partial charge in [0.05, 0.1) is 6.61 Å². The lowest BCUT2D eigenvalue weighted by Crippen LogP contribution is -2.30. The van der Waals surface area contributed by atoms with Crippen LogP contribution >= 0.6 is 0 Å². The maximum Gasteiger partial charge on any atom is 0.364 e. The first kappa shape index (κ1) is 12.7. The highest BCUT2D eigenvalue weighted by molar-refractivity contribution is 7.84. The van der Waals surface area contributed by atoms with E-state index >= 15 is 0 Å². The molecule has 0 aliphatic rings. The number of hydrogen-bond donors (Lipinski definition) is 0. The molecule has 0 aliphatic heterocycles. The SMILES string of the molecule is CCN(C=O)S(=O)(=O)OCc1ccccc1. The van der Waals surface area contributed by atoms with E-state index in [1.165, 1.54) is 0 Å². The van der Waals surface area contributed by atoms with Crippen molar-refractivity contribution in [1.29, 1.82) is 0 Å². The van der Waals surface area contributed by atoms with E-state index in [2.05, 4.69) is 0 Å². The zero-order chi connectivity index (χ0) is 12.0. The lowest BCUT2D eigenvalue weighted by Gasteiger charge is -2.14. The van der Waals surface area contributed by atoms with Gasteiger partial charge in [0.2, 0.25) is 6.41 Å². The van der Waals surface area contributed by atoms with Gasteiger partial charge in [-0.15, -0.1) is 0 Å². The molecule has 1 rings (SSSR count). The molecular weight excluding hydrogens is 230 g/mol. The number of carbonyl (C=O) groups is 1. The van der Waals surface area contributed by atoms with Crippen molar-refractivity contribution in [2.45, 2.75) is 13.5 Å². The number of hydrogen-bond acceptors (Lipinski definition) is 4. The maximum absolute atomic E-state index is 11.4. The van der Waals surface area contributed by atoms with Crippen molar-refractivity contribution < 1.29 is 17.4 Å². The summed E-state index contributed by atoms with van der Waals surface area (Å²) in [4.78, 5) is 10.5. The summed E-state index contributed by atoms with van der Waals surface area (Å²) < 4.78 is 28.2. The molecule has 0 heterocycles. The van der Waals surface area contributed by atoms with E-state index in [-0.39, 0.29) is 19.6 Å². The van der Waals surface area contributed by atoms with Crippen LogP contribution < -0.4 is 0 Å². The number of rotatable bonds is 6. The van der Waals surface area contributed by atoms with E-state index in [0.717, 1.165) is 5.56 Å². The van der Waals surface area contributed by atoms with Crippen LogP contribution in [0.15, 0.2) is 30.3 Å². The Balaban J connectivity index is 2.65. The molecule has 6 heteroatoms. The lowest BCUT2D eigenvalue weighted by atomic mass is 10.2. The fraction of sp³-hybridized carbons (Fsp3) is 0.300. The van der Waals surface area contributed by atoms with Crippen LogP contribution in [0.1, 0.15) is 12.5 Å². The highest BCUT2D eigenvalue weighted by Crippen LogP contribution is 2.06. The number of nitrogens with zero attached hydrogens (tertiary/aromatic N) is 1. The third-order valence-electron chi connectivity index (χ3n) is 1.93. The minimum atomic E-state index is -3.96. The average Bonchev–Trinajstić information content (AvgIpc) is 2.29. The monoisotopic (exact) mass is 243 g/mol. The molecule has 0 N–H and O–H groups in total. The van der Waals surface area contributed by atoms with Crippen molar-refractivity contribution in [2.24, 2.45) is 0 Å². The Kier molecular flexibility index (Phi) is 4.45. The van der Waals surface area contributed by atoms with Gasteiger partial charge in [-0.25, -0.2) is 8.49 Å². The highest BCUT2D eigenvalue weighted by Gasteiger charge is 2.19. The first-order chi connectivity index (χ1) is 7.60. The van der Waals surface area contributed by atoms with Crippen LogP contribution in [0.2, 0.25) is 0 Å². The molecule has 16 heavy (non-hydrogen) atoms. The molecule has 0 aliphatic carbocycles. The minimum Gasteiger partial charge on any atom is -0.278 e. The van der Waals surface area contributed by atoms with Crippen LogP contribution in [-0.2, 0) is 25.9 Å². The summed E-state index contributed by atoms with van der Waals surface area (Å²) in [5, 5.41) is 0. The minimum absolute atomic E-state index is 0.0562. The largest absolute Gasteiger partial charge is 0.364 e. The summed E-state index contributed by atoms with van der Waals surface area (Å²) in [6.07, 6.45) is 0.236. The third-order valence-corrected chi connectivity index (χ3v) is 3.27. The molecule has 0 saturated heterocycles. The quantitative estimate of drug-likeness (QED) is 0.697. The van der Waals surface area contributed by atoms with Crippen LogP contribution in [0.5, 0.6) is 0 Å². The summed E-state index contributed by atoms with van der Waals surface area (Å²) >= 11 is 0. The Hall–Kier alpha value is -1.40. The Morgan fingerprint density at radius 3 is 2.44 bits per heavy atom. The molecule has 1 aromatic carbocycles. The molecule has 0 radical (unpaired) electrons. The average molecular weight is 243 g/mol. The summed E-state index contributed by atoms with van der Waals surface area (Å²) in [5.41, 5.74) is 0.730. The van der Waals surface area contributed by atoms with Gasteiger partial charge in [0, 0.05) is 6.54 Å². The van der Waals surface area contributed by atoms with Gasteiger partial charge < -0.3 is 0 Å². The van der Waals surface area contributed by atoms with E-state index in [1.807, 2.05) is 6.07 Å². The molecule has 0 atom stereocenters. The number of amides is 1. The van der Waals surface area contributed by atoms with Crippen molar-refractivity contribution in [3.05, 3.63) is 35.9 Å². The molecule has 0 saturated carbocycles. The van der Waals surface area contributed by atoms with Gasteiger partial charge in [-0.05, 0) is 12.5 Å². The molecule has 1 aromatic rings. The van der Waals surface area contributed by atoms with Crippen molar-refractivity contribution >= 4 is 16.7 Å². The summed E-state index contributed by atoms with van der Waals surface area (Å²) in [7, 11) is -3.96. The van der Waals surface area contributed by atoms with Gasteiger partial charge in [0.25, 0.3) is 0 Å². The lowest BCUT2D eigenvalue weighted by molar-refractivity contribution is -0.114. The van der Waals surface area contributed by atoms with E-state index in [0.29, 0.717) is 4.31 Å². The van der Waals surface area contributed by atoms with Crippen LogP contribution in [0.25, 0.3) is 0 Å². The summed E-state index contributed by atoms with van der Waals surface area (Å²) in [6.45, 7) is 1.53. The van der Waals surface area contributed by atoms with E-state index in [9.17, 15) is 13.2 Å². The molecule has 0 spiro atoms. The normalized spacial score (nSPS) is 11.1. The van der Waals surface area contributed by atoms with Crippen LogP contribution in [0.3, 0.4) is 0 Å². The van der Waals surface area contributed by atoms with Crippen LogP contribution in [0, 0.1) is 0 Å². The van der Waals surface area contributed by atoms with E-state index in [1.54, 1.807) is 31.2 Å². The van der Waals surface area contributed by atoms with Gasteiger partial charge in [0.15, 0.2) is 0 Å². The highest BCUT2D eigenvalue weighted by atomic mass is 32.2. The van der Waals surface area contributed by atoms with Crippen molar-refractivity contribution in [1.82, 2.24) is 4.31 Å². The Morgan fingerprint density at radius 2 is 1.94 bits per heavy atom. The van der Waals surface area contributed by atoms with E-state index in [4.69, 9.17) is 4.18 Å².